The van der Waals surface area contributed by atoms with E-state index in [1.807, 2.05) is 0 Å². The van der Waals surface area contributed by atoms with Crippen molar-refractivity contribution < 1.29 is 43.9 Å². The highest BCUT2D eigenvalue weighted by atomic mass is 32.2. The van der Waals surface area contributed by atoms with Crippen molar-refractivity contribution in [2.75, 3.05) is 0 Å². The van der Waals surface area contributed by atoms with E-state index in [1.54, 1.807) is 70.2 Å². The zero-order valence-electron chi connectivity index (χ0n) is 24.1. The molecular weight excluding hydrogens is 629 g/mol. The number of hydrogen-bond donors (Lipinski definition) is 0. The molecule has 1 unspecified atom stereocenters. The van der Waals surface area contributed by atoms with E-state index >= 15 is 17.6 Å². The highest BCUT2D eigenvalue weighted by molar-refractivity contribution is 8.12. The molecule has 0 spiro atoms. The van der Waals surface area contributed by atoms with Gasteiger partial charge in [-0.05, 0) is 29.3 Å². The van der Waals surface area contributed by atoms with Gasteiger partial charge in [-0.25, -0.2) is 43.9 Å². The van der Waals surface area contributed by atoms with Crippen LogP contribution in [0.5, 0.6) is 0 Å². The summed E-state index contributed by atoms with van der Waals surface area (Å²) in [6.07, 6.45) is -2.94. The fraction of sp³-hybridized carbons (Fsp3) is 0.152. The molecule has 1 heterocycles. The van der Waals surface area contributed by atoms with Crippen LogP contribution in [0, 0.1) is 70.5 Å². The standard InChI is InChI=1S/C33H23BF10S/c1-16-10-12-18(13-11-16)45-19(17-8-6-5-7-9-17)15-34(20(45)14-33(2,3)4,21-23(35)27(39)31(43)28(40)24(21)36)22-25(37)29(41)32(44)30(42)26(22)38/h5-15H,1-4H3/b20-14-. The molecule has 0 saturated carbocycles. The van der Waals surface area contributed by atoms with Crippen molar-refractivity contribution >= 4 is 32.9 Å². The van der Waals surface area contributed by atoms with Gasteiger partial charge in [0.15, 0.2) is 45.9 Å². The summed E-state index contributed by atoms with van der Waals surface area (Å²) < 4.78 is 152. The van der Waals surface area contributed by atoms with E-state index in [4.69, 9.17) is 0 Å². The molecule has 4 aromatic carbocycles. The van der Waals surface area contributed by atoms with Crippen molar-refractivity contribution in [1.82, 2.24) is 0 Å². The van der Waals surface area contributed by atoms with Crippen LogP contribution in [-0.2, 0) is 10.9 Å². The first-order valence-electron chi connectivity index (χ1n) is 13.5. The van der Waals surface area contributed by atoms with Crippen LogP contribution in [-0.4, -0.2) is 6.15 Å². The summed E-state index contributed by atoms with van der Waals surface area (Å²) in [6, 6.07) is 14.4. The van der Waals surface area contributed by atoms with Crippen LogP contribution < -0.4 is 10.9 Å². The average molecular weight is 652 g/mol. The quantitative estimate of drug-likeness (QED) is 0.0681. The van der Waals surface area contributed by atoms with Gasteiger partial charge in [-0.3, -0.25) is 0 Å². The van der Waals surface area contributed by atoms with E-state index in [2.05, 4.69) is 0 Å². The first-order chi connectivity index (χ1) is 21.0. The van der Waals surface area contributed by atoms with E-state index in [0.717, 1.165) is 11.5 Å². The molecule has 45 heavy (non-hydrogen) atoms. The Balaban J connectivity index is 2.13. The molecule has 0 fully saturated rings. The van der Waals surface area contributed by atoms with Gasteiger partial charge in [-0.15, -0.1) is 10.9 Å². The van der Waals surface area contributed by atoms with Crippen LogP contribution in [0.3, 0.4) is 0 Å². The topological polar surface area (TPSA) is 0 Å². The number of aryl methyl sites for hydroxylation is 1. The van der Waals surface area contributed by atoms with E-state index in [9.17, 15) is 26.3 Å². The molecule has 0 radical (unpaired) electrons. The Morgan fingerprint density at radius 1 is 0.556 bits per heavy atom. The third-order valence-corrected chi connectivity index (χ3v) is 10.1. The lowest BCUT2D eigenvalue weighted by molar-refractivity contribution is 0.382. The number of hydrogen-bond acceptors (Lipinski definition) is 0. The Bertz CT molecular complexity index is 1770. The highest BCUT2D eigenvalue weighted by Gasteiger charge is 2.56. The second-order valence-corrected chi connectivity index (χ2v) is 13.8. The van der Waals surface area contributed by atoms with Crippen LogP contribution in [0.4, 0.5) is 43.9 Å². The van der Waals surface area contributed by atoms with Crippen molar-refractivity contribution in [3.8, 4) is 0 Å². The fourth-order valence-corrected chi connectivity index (χ4v) is 8.75. The maximum atomic E-state index is 16.0. The van der Waals surface area contributed by atoms with Gasteiger partial charge < -0.3 is 0 Å². The Hall–Kier alpha value is -3.93. The number of allylic oxidation sites excluding steroid dienone is 1. The summed E-state index contributed by atoms with van der Waals surface area (Å²) in [5.74, 6) is -23.8. The van der Waals surface area contributed by atoms with Gasteiger partial charge in [0.1, 0.15) is 28.2 Å². The monoisotopic (exact) mass is 652 g/mol. The molecule has 0 bridgehead atoms. The second-order valence-electron chi connectivity index (χ2n) is 11.8. The summed E-state index contributed by atoms with van der Waals surface area (Å²) in [7, 11) is -1.61. The van der Waals surface area contributed by atoms with E-state index < -0.39 is 91.6 Å². The average Bonchev–Trinajstić information content (AvgIpc) is 3.31. The fourth-order valence-electron chi connectivity index (χ4n) is 5.70. The Morgan fingerprint density at radius 2 is 0.956 bits per heavy atom. The van der Waals surface area contributed by atoms with Crippen molar-refractivity contribution in [3.05, 3.63) is 141 Å². The van der Waals surface area contributed by atoms with Crippen molar-refractivity contribution in [3.63, 3.8) is 0 Å². The molecule has 1 aliphatic rings. The molecule has 12 heteroatoms. The molecule has 0 N–H and O–H groups in total. The SMILES string of the molecule is Cc1ccc([S+]2C(c3ccccc3)=C[B-](c3c(F)c(F)c(F)c(F)c3F)(c3c(F)c(F)c(F)c(F)c3F)/C2=C/C(C)(C)C)cc1. The third kappa shape index (κ3) is 5.16. The molecule has 0 aromatic heterocycles. The maximum Gasteiger partial charge on any atom is 0.200 e. The number of benzene rings is 4. The van der Waals surface area contributed by atoms with Crippen LogP contribution in [0.15, 0.2) is 76.3 Å². The Morgan fingerprint density at radius 3 is 1.36 bits per heavy atom. The lowest BCUT2D eigenvalue weighted by Gasteiger charge is -2.37. The predicted octanol–water partition coefficient (Wildman–Crippen LogP) is 8.69. The molecular formula is C33H23BF10S. The first kappa shape index (κ1) is 32.5. The van der Waals surface area contributed by atoms with Crippen LogP contribution in [0.2, 0.25) is 0 Å². The summed E-state index contributed by atoms with van der Waals surface area (Å²) in [5.41, 5.74) is -3.37. The van der Waals surface area contributed by atoms with Crippen molar-refractivity contribution in [2.24, 2.45) is 5.41 Å². The van der Waals surface area contributed by atoms with E-state index in [0.29, 0.717) is 10.5 Å². The Kier molecular flexibility index (Phi) is 8.27. The lowest BCUT2D eigenvalue weighted by atomic mass is 9.17. The zero-order chi connectivity index (χ0) is 33.2. The van der Waals surface area contributed by atoms with Gasteiger partial charge in [0.25, 0.3) is 0 Å². The largest absolute Gasteiger partial charge is 0.207 e. The number of rotatable bonds is 4. The molecule has 5 rings (SSSR count). The Labute approximate surface area is 255 Å². The predicted molar refractivity (Wildman–Crippen MR) is 156 cm³/mol. The summed E-state index contributed by atoms with van der Waals surface area (Å²) in [6.45, 7) is 6.54. The minimum absolute atomic E-state index is 0.114. The molecule has 4 aromatic rings. The molecule has 1 atom stereocenters. The van der Waals surface area contributed by atoms with E-state index in [1.165, 1.54) is 18.2 Å². The maximum absolute atomic E-state index is 16.0. The highest BCUT2D eigenvalue weighted by Crippen LogP contribution is 2.49. The summed E-state index contributed by atoms with van der Waals surface area (Å²) in [4.78, 5) is 0.210. The molecule has 1 aliphatic heterocycles. The second kappa shape index (κ2) is 11.5. The molecule has 0 saturated heterocycles. The van der Waals surface area contributed by atoms with Crippen LogP contribution >= 0.6 is 0 Å². The van der Waals surface area contributed by atoms with Gasteiger partial charge in [-0.1, -0.05) is 74.9 Å². The summed E-state index contributed by atoms with van der Waals surface area (Å²) >= 11 is 0. The minimum atomic E-state index is -4.27. The first-order valence-corrected chi connectivity index (χ1v) is 14.8. The smallest absolute Gasteiger partial charge is 0.200 e. The molecule has 0 nitrogen and oxygen atoms in total. The minimum Gasteiger partial charge on any atom is -0.207 e. The van der Waals surface area contributed by atoms with Gasteiger partial charge in [0.2, 0.25) is 0 Å². The lowest BCUT2D eigenvalue weighted by Crippen LogP contribution is -2.64. The normalized spacial score (nSPS) is 17.2. The van der Waals surface area contributed by atoms with Gasteiger partial charge >= 0.3 is 0 Å². The van der Waals surface area contributed by atoms with Crippen LogP contribution in [0.1, 0.15) is 31.9 Å². The molecule has 0 amide bonds. The summed E-state index contributed by atoms with van der Waals surface area (Å²) in [5, 5.41) is 0. The van der Waals surface area contributed by atoms with Crippen molar-refractivity contribution in [1.29, 1.82) is 0 Å². The van der Waals surface area contributed by atoms with Crippen LogP contribution in [0.25, 0.3) is 4.91 Å². The third-order valence-electron chi connectivity index (χ3n) is 7.59. The molecule has 234 valence electrons. The van der Waals surface area contributed by atoms with E-state index in [-0.39, 0.29) is 9.71 Å². The zero-order valence-corrected chi connectivity index (χ0v) is 24.9. The van der Waals surface area contributed by atoms with Gasteiger partial charge in [0, 0.05) is 5.56 Å². The van der Waals surface area contributed by atoms with Crippen molar-refractivity contribution in [2.45, 2.75) is 32.6 Å². The number of halogens is 10. The van der Waals surface area contributed by atoms with Gasteiger partial charge in [0.05, 0.1) is 10.9 Å². The van der Waals surface area contributed by atoms with Gasteiger partial charge in [-0.2, -0.15) is 5.98 Å². The molecule has 0 aliphatic carbocycles.